The van der Waals surface area contributed by atoms with Crippen LogP contribution in [0.15, 0.2) is 27.8 Å². The van der Waals surface area contributed by atoms with E-state index in [1.54, 1.807) is 12.1 Å². The van der Waals surface area contributed by atoms with Gasteiger partial charge >= 0.3 is 5.97 Å². The Balaban J connectivity index is 1.79. The molecule has 3 aromatic heterocycles. The van der Waals surface area contributed by atoms with Crippen LogP contribution in [0.25, 0.3) is 5.78 Å². The van der Waals surface area contributed by atoms with Crippen molar-refractivity contribution in [3.63, 3.8) is 0 Å². The van der Waals surface area contributed by atoms with Crippen molar-refractivity contribution < 1.29 is 13.9 Å². The number of thioether (sulfide) groups is 1. The summed E-state index contributed by atoms with van der Waals surface area (Å²) in [6.45, 7) is 3.91. The van der Waals surface area contributed by atoms with Crippen LogP contribution >= 0.6 is 11.8 Å². The number of nitrogens with zero attached hydrogens (tertiary/aromatic N) is 4. The number of aryl methyl sites for hydroxylation is 2. The summed E-state index contributed by atoms with van der Waals surface area (Å²) in [6.07, 6.45) is 0. The highest BCUT2D eigenvalue weighted by atomic mass is 32.2. The molecule has 0 spiro atoms. The highest BCUT2D eigenvalue weighted by molar-refractivity contribution is 7.98. The van der Waals surface area contributed by atoms with Gasteiger partial charge in [-0.05, 0) is 32.0 Å². The Bertz CT molecular complexity index is 840. The molecule has 3 heterocycles. The van der Waals surface area contributed by atoms with Crippen molar-refractivity contribution in [1.82, 2.24) is 19.6 Å². The molecule has 0 saturated heterocycles. The van der Waals surface area contributed by atoms with Gasteiger partial charge in [-0.25, -0.2) is 9.78 Å². The van der Waals surface area contributed by atoms with Gasteiger partial charge in [0.1, 0.15) is 5.76 Å². The second kappa shape index (κ2) is 5.80. The van der Waals surface area contributed by atoms with E-state index in [0.29, 0.717) is 17.3 Å². The third-order valence-corrected chi connectivity index (χ3v) is 4.01. The Morgan fingerprint density at radius 2 is 2.18 bits per heavy atom. The summed E-state index contributed by atoms with van der Waals surface area (Å²) in [4.78, 5) is 15.7. The summed E-state index contributed by atoms with van der Waals surface area (Å²) < 4.78 is 11.9. The first-order valence-corrected chi connectivity index (χ1v) is 7.56. The molecule has 0 N–H and O–H groups in total. The predicted octanol–water partition coefficient (Wildman–Crippen LogP) is 2.41. The minimum atomic E-state index is -0.486. The van der Waals surface area contributed by atoms with E-state index in [2.05, 4.69) is 19.9 Å². The average molecular weight is 318 g/mol. The van der Waals surface area contributed by atoms with E-state index in [1.165, 1.54) is 18.9 Å². The van der Waals surface area contributed by atoms with E-state index >= 15 is 0 Å². The van der Waals surface area contributed by atoms with E-state index in [4.69, 9.17) is 4.42 Å². The summed E-state index contributed by atoms with van der Waals surface area (Å²) in [7, 11) is 1.32. The van der Waals surface area contributed by atoms with Gasteiger partial charge in [0.15, 0.2) is 5.16 Å². The largest absolute Gasteiger partial charge is 0.463 e. The van der Waals surface area contributed by atoms with Gasteiger partial charge in [-0.15, -0.1) is 10.2 Å². The molecule has 0 radical (unpaired) electrons. The summed E-state index contributed by atoms with van der Waals surface area (Å²) in [5.74, 6) is 1.48. The minimum absolute atomic E-state index is 0.192. The molecular formula is C14H14N4O3S. The number of hydrogen-bond acceptors (Lipinski definition) is 7. The van der Waals surface area contributed by atoms with E-state index in [9.17, 15) is 4.79 Å². The molecule has 3 aromatic rings. The van der Waals surface area contributed by atoms with Crippen LogP contribution in [-0.4, -0.2) is 32.7 Å². The number of aromatic nitrogens is 4. The summed E-state index contributed by atoms with van der Waals surface area (Å²) in [5.41, 5.74) is 1.92. The Morgan fingerprint density at radius 3 is 2.95 bits per heavy atom. The standard InChI is InChI=1S/C14H14N4O3S/c1-8-6-9(2)18-13(15-8)16-17-14(18)22-7-10-4-5-11(21-10)12(19)20-3/h4-6H,7H2,1-3H3. The molecule has 3 rings (SSSR count). The molecule has 7 nitrogen and oxygen atoms in total. The van der Waals surface area contributed by atoms with Gasteiger partial charge in [0.2, 0.25) is 5.76 Å². The van der Waals surface area contributed by atoms with Crippen LogP contribution in [0.1, 0.15) is 27.7 Å². The van der Waals surface area contributed by atoms with Crippen molar-refractivity contribution in [2.75, 3.05) is 7.11 Å². The maximum absolute atomic E-state index is 11.4. The molecule has 0 aliphatic carbocycles. The molecule has 0 atom stereocenters. The van der Waals surface area contributed by atoms with E-state index in [1.807, 2.05) is 24.3 Å². The normalized spacial score (nSPS) is 11.0. The zero-order valence-corrected chi connectivity index (χ0v) is 13.2. The fraction of sp³-hybridized carbons (Fsp3) is 0.286. The molecule has 0 bridgehead atoms. The number of methoxy groups -OCH3 is 1. The number of carbonyl (C=O) groups is 1. The molecule has 0 unspecified atom stereocenters. The highest BCUT2D eigenvalue weighted by Gasteiger charge is 2.14. The molecular weight excluding hydrogens is 304 g/mol. The molecule has 0 saturated carbocycles. The lowest BCUT2D eigenvalue weighted by molar-refractivity contribution is 0.0563. The van der Waals surface area contributed by atoms with Gasteiger partial charge in [-0.2, -0.15) is 0 Å². The molecule has 0 aromatic carbocycles. The van der Waals surface area contributed by atoms with Gasteiger partial charge < -0.3 is 9.15 Å². The van der Waals surface area contributed by atoms with Crippen molar-refractivity contribution in [1.29, 1.82) is 0 Å². The Morgan fingerprint density at radius 1 is 1.36 bits per heavy atom. The average Bonchev–Trinajstić information content (AvgIpc) is 3.10. The van der Waals surface area contributed by atoms with Crippen molar-refractivity contribution in [3.05, 3.63) is 41.1 Å². The number of fused-ring (bicyclic) bond motifs is 1. The second-order valence-corrected chi connectivity index (χ2v) is 5.65. The third kappa shape index (κ3) is 2.69. The van der Waals surface area contributed by atoms with Crippen LogP contribution in [0.2, 0.25) is 0 Å². The first-order valence-electron chi connectivity index (χ1n) is 6.57. The van der Waals surface area contributed by atoms with Crippen LogP contribution in [0.3, 0.4) is 0 Å². The lowest BCUT2D eigenvalue weighted by Crippen LogP contribution is -1.98. The van der Waals surface area contributed by atoms with Gasteiger partial charge in [0, 0.05) is 11.4 Å². The van der Waals surface area contributed by atoms with Crippen molar-refractivity contribution in [3.8, 4) is 0 Å². The smallest absolute Gasteiger partial charge is 0.373 e. The number of ether oxygens (including phenoxy) is 1. The topological polar surface area (TPSA) is 82.5 Å². The van der Waals surface area contributed by atoms with Crippen LogP contribution < -0.4 is 0 Å². The molecule has 114 valence electrons. The van der Waals surface area contributed by atoms with Crippen LogP contribution in [0, 0.1) is 13.8 Å². The summed E-state index contributed by atoms with van der Waals surface area (Å²) in [6, 6.07) is 5.32. The lowest BCUT2D eigenvalue weighted by atomic mass is 10.3. The number of furan rings is 1. The Kier molecular flexibility index (Phi) is 3.84. The zero-order chi connectivity index (χ0) is 15.7. The van der Waals surface area contributed by atoms with Crippen LogP contribution in [-0.2, 0) is 10.5 Å². The molecule has 0 aliphatic rings. The van der Waals surface area contributed by atoms with E-state index in [0.717, 1.165) is 16.5 Å². The van der Waals surface area contributed by atoms with Crippen LogP contribution in [0.4, 0.5) is 0 Å². The molecule has 0 amide bonds. The first kappa shape index (κ1) is 14.6. The van der Waals surface area contributed by atoms with Crippen LogP contribution in [0.5, 0.6) is 0 Å². The maximum Gasteiger partial charge on any atom is 0.373 e. The molecule has 8 heteroatoms. The zero-order valence-electron chi connectivity index (χ0n) is 12.4. The number of hydrogen-bond donors (Lipinski definition) is 0. The predicted molar refractivity (Wildman–Crippen MR) is 79.9 cm³/mol. The summed E-state index contributed by atoms with van der Waals surface area (Å²) in [5, 5.41) is 8.96. The van der Waals surface area contributed by atoms with Crippen molar-refractivity contribution in [2.24, 2.45) is 0 Å². The second-order valence-electron chi connectivity index (χ2n) is 4.70. The number of rotatable bonds is 4. The van der Waals surface area contributed by atoms with E-state index in [-0.39, 0.29) is 5.76 Å². The minimum Gasteiger partial charge on any atom is -0.463 e. The quantitative estimate of drug-likeness (QED) is 0.539. The third-order valence-electron chi connectivity index (χ3n) is 3.05. The Hall–Kier alpha value is -2.35. The maximum atomic E-state index is 11.4. The van der Waals surface area contributed by atoms with Gasteiger partial charge in [0.25, 0.3) is 5.78 Å². The Labute approximate surface area is 130 Å². The highest BCUT2D eigenvalue weighted by Crippen LogP contribution is 2.24. The summed E-state index contributed by atoms with van der Waals surface area (Å²) >= 11 is 1.47. The van der Waals surface area contributed by atoms with Crippen molar-refractivity contribution in [2.45, 2.75) is 24.8 Å². The monoisotopic (exact) mass is 318 g/mol. The molecule has 22 heavy (non-hydrogen) atoms. The lowest BCUT2D eigenvalue weighted by Gasteiger charge is -2.03. The fourth-order valence-corrected chi connectivity index (χ4v) is 2.97. The van der Waals surface area contributed by atoms with Gasteiger partial charge in [0.05, 0.1) is 12.9 Å². The number of esters is 1. The first-order chi connectivity index (χ1) is 10.6. The SMILES string of the molecule is COC(=O)c1ccc(CSc2nnc3nc(C)cc(C)n23)o1. The van der Waals surface area contributed by atoms with E-state index < -0.39 is 5.97 Å². The fourth-order valence-electron chi connectivity index (χ4n) is 2.10. The molecule has 0 fully saturated rings. The van der Waals surface area contributed by atoms with Gasteiger partial charge in [-0.1, -0.05) is 11.8 Å². The van der Waals surface area contributed by atoms with Gasteiger partial charge in [-0.3, -0.25) is 4.40 Å². The molecule has 0 aliphatic heterocycles. The van der Waals surface area contributed by atoms with Crippen molar-refractivity contribution >= 4 is 23.5 Å². The number of carbonyl (C=O) groups excluding carboxylic acids is 1.